The first-order valence-electron chi connectivity index (χ1n) is 10.3. The Bertz CT molecular complexity index is 797. The summed E-state index contributed by atoms with van der Waals surface area (Å²) in [5, 5.41) is 2.97. The molecule has 2 aliphatic rings. The van der Waals surface area contributed by atoms with E-state index in [0.717, 1.165) is 51.9 Å². The molecule has 4 heterocycles. The van der Waals surface area contributed by atoms with Crippen LogP contribution in [0, 0.1) is 11.8 Å². The molecule has 28 heavy (non-hydrogen) atoms. The van der Waals surface area contributed by atoms with Crippen molar-refractivity contribution < 1.29 is 4.79 Å². The largest absolute Gasteiger partial charge is 0.342 e. The van der Waals surface area contributed by atoms with Gasteiger partial charge in [-0.2, -0.15) is 0 Å². The number of aromatic nitrogens is 1. The van der Waals surface area contributed by atoms with Crippen LogP contribution in [0.1, 0.15) is 38.3 Å². The Morgan fingerprint density at radius 2 is 2.07 bits per heavy atom. The van der Waals surface area contributed by atoms with Gasteiger partial charge in [0.1, 0.15) is 5.01 Å². The highest BCUT2D eigenvalue weighted by atomic mass is 35.5. The zero-order chi connectivity index (χ0) is 19.5. The number of nitrogens with zero attached hydrogens (tertiary/aromatic N) is 3. The van der Waals surface area contributed by atoms with E-state index in [1.807, 2.05) is 17.5 Å². The quantitative estimate of drug-likeness (QED) is 0.657. The summed E-state index contributed by atoms with van der Waals surface area (Å²) in [6.45, 7) is 7.75. The molecular weight excluding hydrogens is 410 g/mol. The Morgan fingerprint density at radius 3 is 2.82 bits per heavy atom. The van der Waals surface area contributed by atoms with Crippen molar-refractivity contribution in [2.75, 3.05) is 32.7 Å². The highest BCUT2D eigenvalue weighted by Gasteiger charge is 2.27. The summed E-state index contributed by atoms with van der Waals surface area (Å²) >= 11 is 9.15. The maximum atomic E-state index is 12.9. The van der Waals surface area contributed by atoms with Crippen LogP contribution in [0.5, 0.6) is 0 Å². The van der Waals surface area contributed by atoms with Gasteiger partial charge in [-0.3, -0.25) is 4.79 Å². The monoisotopic (exact) mass is 437 g/mol. The van der Waals surface area contributed by atoms with Gasteiger partial charge in [0.25, 0.3) is 0 Å². The van der Waals surface area contributed by atoms with Crippen LogP contribution in [0.15, 0.2) is 17.5 Å². The van der Waals surface area contributed by atoms with E-state index < -0.39 is 0 Å². The highest BCUT2D eigenvalue weighted by Crippen LogP contribution is 2.33. The number of likely N-dealkylation sites (tertiary alicyclic amines) is 2. The van der Waals surface area contributed by atoms with Gasteiger partial charge in [-0.25, -0.2) is 4.98 Å². The van der Waals surface area contributed by atoms with E-state index >= 15 is 0 Å². The van der Waals surface area contributed by atoms with Crippen molar-refractivity contribution in [2.24, 2.45) is 11.8 Å². The molecule has 1 amide bonds. The van der Waals surface area contributed by atoms with Gasteiger partial charge in [0.05, 0.1) is 21.3 Å². The van der Waals surface area contributed by atoms with E-state index in [4.69, 9.17) is 11.6 Å². The molecular formula is C21H28ClN3OS2. The first-order valence-corrected chi connectivity index (χ1v) is 12.3. The lowest BCUT2D eigenvalue weighted by atomic mass is 9.94. The maximum absolute atomic E-state index is 12.9. The number of rotatable bonds is 5. The zero-order valence-electron chi connectivity index (χ0n) is 16.4. The fraction of sp³-hybridized carbons (Fsp3) is 0.619. The van der Waals surface area contributed by atoms with Gasteiger partial charge < -0.3 is 9.80 Å². The summed E-state index contributed by atoms with van der Waals surface area (Å²) in [7, 11) is 0. The second-order valence-electron chi connectivity index (χ2n) is 8.26. The fourth-order valence-electron chi connectivity index (χ4n) is 4.25. The zero-order valence-corrected chi connectivity index (χ0v) is 18.8. The van der Waals surface area contributed by atoms with E-state index in [9.17, 15) is 4.79 Å². The summed E-state index contributed by atoms with van der Waals surface area (Å²) in [4.78, 5) is 23.3. The lowest BCUT2D eigenvalue weighted by Crippen LogP contribution is -2.45. The van der Waals surface area contributed by atoms with E-state index in [2.05, 4.69) is 21.7 Å². The number of carbonyl (C=O) groups excluding carboxylic acids is 1. The number of amides is 1. The molecule has 4 rings (SSSR count). The Morgan fingerprint density at radius 1 is 1.25 bits per heavy atom. The molecule has 1 unspecified atom stereocenters. The molecule has 0 aliphatic carbocycles. The molecule has 7 heteroatoms. The van der Waals surface area contributed by atoms with E-state index in [-0.39, 0.29) is 5.91 Å². The number of carbonyl (C=O) groups is 1. The van der Waals surface area contributed by atoms with Crippen molar-refractivity contribution in [1.82, 2.24) is 14.8 Å². The first kappa shape index (κ1) is 20.3. The smallest absolute Gasteiger partial charge is 0.228 e. The molecule has 1 atom stereocenters. The minimum absolute atomic E-state index is 0.220. The van der Waals surface area contributed by atoms with Gasteiger partial charge in [-0.05, 0) is 62.7 Å². The molecule has 2 saturated heterocycles. The van der Waals surface area contributed by atoms with Crippen LogP contribution in [0.4, 0.5) is 0 Å². The van der Waals surface area contributed by atoms with Gasteiger partial charge in [0, 0.05) is 25.0 Å². The van der Waals surface area contributed by atoms with Gasteiger partial charge in [-0.15, -0.1) is 22.7 Å². The van der Waals surface area contributed by atoms with Crippen molar-refractivity contribution in [1.29, 1.82) is 0 Å². The number of thiazole rings is 1. The first-order chi connectivity index (χ1) is 13.6. The van der Waals surface area contributed by atoms with Crippen molar-refractivity contribution in [3.8, 4) is 9.88 Å². The predicted molar refractivity (Wildman–Crippen MR) is 118 cm³/mol. The summed E-state index contributed by atoms with van der Waals surface area (Å²) in [5.41, 5.74) is 0.877. The summed E-state index contributed by atoms with van der Waals surface area (Å²) in [6, 6.07) is 3.89. The van der Waals surface area contributed by atoms with Crippen molar-refractivity contribution in [3.05, 3.63) is 27.5 Å². The van der Waals surface area contributed by atoms with Gasteiger partial charge in [0.15, 0.2) is 0 Å². The maximum Gasteiger partial charge on any atom is 0.228 e. The molecule has 2 aromatic rings. The molecule has 2 aliphatic heterocycles. The normalized spacial score (nSPS) is 21.9. The Balaban J connectivity index is 1.30. The second-order valence-corrected chi connectivity index (χ2v) is 10.8. The van der Waals surface area contributed by atoms with E-state index in [1.54, 1.807) is 11.3 Å². The SMILES string of the molecule is CC1CCN(CC2CCCN(C(=O)Cc3csc(-c4ccc(Cl)s4)n3)C2)CC1. The topological polar surface area (TPSA) is 36.4 Å². The fourth-order valence-corrected chi connectivity index (χ4v) is 6.18. The van der Waals surface area contributed by atoms with Crippen LogP contribution in [-0.4, -0.2) is 53.4 Å². The molecule has 4 nitrogen and oxygen atoms in total. The standard InChI is InChI=1S/C21H28ClN3OS2/c1-15-6-9-24(10-7-15)12-16-3-2-8-25(13-16)20(26)11-17-14-27-21(23-17)18-4-5-19(22)28-18/h4-5,14-16H,2-3,6-13H2,1H3. The molecule has 0 spiro atoms. The number of hydrogen-bond acceptors (Lipinski definition) is 5. The molecule has 0 radical (unpaired) electrons. The van der Waals surface area contributed by atoms with Gasteiger partial charge in [-0.1, -0.05) is 18.5 Å². The molecule has 2 aromatic heterocycles. The summed E-state index contributed by atoms with van der Waals surface area (Å²) < 4.78 is 0.769. The third kappa shape index (κ3) is 5.15. The van der Waals surface area contributed by atoms with Crippen LogP contribution in [0.25, 0.3) is 9.88 Å². The molecule has 0 aromatic carbocycles. The number of hydrogen-bond donors (Lipinski definition) is 0. The van der Waals surface area contributed by atoms with Crippen molar-refractivity contribution in [3.63, 3.8) is 0 Å². The van der Waals surface area contributed by atoms with Gasteiger partial charge in [0.2, 0.25) is 5.91 Å². The number of halogens is 1. The molecule has 2 fully saturated rings. The second kappa shape index (κ2) is 9.24. The van der Waals surface area contributed by atoms with Crippen LogP contribution in [0.2, 0.25) is 4.34 Å². The lowest BCUT2D eigenvalue weighted by molar-refractivity contribution is -0.132. The summed E-state index contributed by atoms with van der Waals surface area (Å²) in [5.74, 6) is 1.71. The Kier molecular flexibility index (Phi) is 6.71. The average molecular weight is 438 g/mol. The van der Waals surface area contributed by atoms with Crippen LogP contribution >= 0.6 is 34.3 Å². The highest BCUT2D eigenvalue weighted by molar-refractivity contribution is 7.23. The van der Waals surface area contributed by atoms with Crippen LogP contribution in [-0.2, 0) is 11.2 Å². The molecule has 0 N–H and O–H groups in total. The third-order valence-electron chi connectivity index (χ3n) is 5.93. The Labute approximate surface area is 180 Å². The number of thiophene rings is 1. The molecule has 0 saturated carbocycles. The average Bonchev–Trinajstić information content (AvgIpc) is 3.33. The minimum atomic E-state index is 0.220. The lowest BCUT2D eigenvalue weighted by Gasteiger charge is -2.37. The van der Waals surface area contributed by atoms with Crippen LogP contribution in [0.3, 0.4) is 0 Å². The van der Waals surface area contributed by atoms with Crippen molar-refractivity contribution >= 4 is 40.2 Å². The molecule has 152 valence electrons. The number of piperidine rings is 2. The Hall–Kier alpha value is -0.950. The van der Waals surface area contributed by atoms with Crippen LogP contribution < -0.4 is 0 Å². The van der Waals surface area contributed by atoms with E-state index in [0.29, 0.717) is 12.3 Å². The van der Waals surface area contributed by atoms with Gasteiger partial charge >= 0.3 is 0 Å². The predicted octanol–water partition coefficient (Wildman–Crippen LogP) is 5.04. The van der Waals surface area contributed by atoms with E-state index in [1.165, 1.54) is 43.7 Å². The third-order valence-corrected chi connectivity index (χ3v) is 8.22. The summed E-state index contributed by atoms with van der Waals surface area (Å²) in [6.07, 6.45) is 5.41. The molecule has 0 bridgehead atoms. The van der Waals surface area contributed by atoms with Crippen molar-refractivity contribution in [2.45, 2.75) is 39.0 Å². The minimum Gasteiger partial charge on any atom is -0.342 e.